The van der Waals surface area contributed by atoms with Crippen molar-refractivity contribution in [3.05, 3.63) is 42.6 Å². The molecule has 7 nitrogen and oxygen atoms in total. The molecule has 0 aliphatic rings. The average Bonchev–Trinajstić information content (AvgIpc) is 3.20. The minimum absolute atomic E-state index is 0.0724. The molecule has 3 rings (SSSR count). The number of ketones is 1. The normalized spacial score (nSPS) is 10.8. The molecule has 0 N–H and O–H groups in total. The number of aromatic nitrogens is 3. The fourth-order valence-corrected chi connectivity index (χ4v) is 2.26. The van der Waals surface area contributed by atoms with E-state index in [4.69, 9.17) is 4.42 Å². The van der Waals surface area contributed by atoms with Crippen molar-refractivity contribution in [2.24, 2.45) is 0 Å². The third-order valence-electron chi connectivity index (χ3n) is 3.41. The number of fused-ring (bicyclic) bond motifs is 1. The van der Waals surface area contributed by atoms with Gasteiger partial charge in [-0.25, -0.2) is 9.50 Å². The zero-order chi connectivity index (χ0) is 16.2. The van der Waals surface area contributed by atoms with E-state index in [2.05, 4.69) is 14.8 Å². The SMILES string of the molecule is COC(=O)CCC(=O)Cc1nc2cccc(-c3ccoc3)n2n1. The number of pyridine rings is 1. The monoisotopic (exact) mass is 313 g/mol. The number of carbonyl (C=O) groups excluding carboxylic acids is 2. The van der Waals surface area contributed by atoms with Gasteiger partial charge < -0.3 is 9.15 Å². The number of hydrogen-bond acceptors (Lipinski definition) is 6. The van der Waals surface area contributed by atoms with Crippen LogP contribution in [0, 0.1) is 0 Å². The zero-order valence-corrected chi connectivity index (χ0v) is 12.6. The third-order valence-corrected chi connectivity index (χ3v) is 3.41. The Morgan fingerprint density at radius 3 is 2.87 bits per heavy atom. The smallest absolute Gasteiger partial charge is 0.305 e. The maximum Gasteiger partial charge on any atom is 0.305 e. The standard InChI is InChI=1S/C16H15N3O4/c1-22-16(21)6-5-12(20)9-14-17-15-4-2-3-13(19(15)18-14)11-7-8-23-10-11/h2-4,7-8,10H,5-6,9H2,1H3. The van der Waals surface area contributed by atoms with Crippen LogP contribution in [0.2, 0.25) is 0 Å². The Morgan fingerprint density at radius 1 is 1.26 bits per heavy atom. The van der Waals surface area contributed by atoms with Gasteiger partial charge in [-0.1, -0.05) is 6.07 Å². The van der Waals surface area contributed by atoms with E-state index in [1.807, 2.05) is 24.3 Å². The molecule has 0 amide bonds. The Balaban J connectivity index is 1.79. The summed E-state index contributed by atoms with van der Waals surface area (Å²) in [5.41, 5.74) is 2.36. The summed E-state index contributed by atoms with van der Waals surface area (Å²) in [5, 5.41) is 4.38. The van der Waals surface area contributed by atoms with Gasteiger partial charge in [0.25, 0.3) is 0 Å². The molecule has 0 saturated carbocycles. The van der Waals surface area contributed by atoms with E-state index in [1.54, 1.807) is 17.0 Å². The fourth-order valence-electron chi connectivity index (χ4n) is 2.26. The number of ether oxygens (including phenoxy) is 1. The van der Waals surface area contributed by atoms with Crippen molar-refractivity contribution in [1.82, 2.24) is 14.6 Å². The van der Waals surface area contributed by atoms with Crippen LogP contribution in [0.4, 0.5) is 0 Å². The number of hydrogen-bond donors (Lipinski definition) is 0. The lowest BCUT2D eigenvalue weighted by Crippen LogP contribution is -2.09. The largest absolute Gasteiger partial charge is 0.472 e. The molecular weight excluding hydrogens is 298 g/mol. The molecule has 3 heterocycles. The van der Waals surface area contributed by atoms with Gasteiger partial charge in [0.2, 0.25) is 0 Å². The van der Waals surface area contributed by atoms with Crippen molar-refractivity contribution in [2.45, 2.75) is 19.3 Å². The molecule has 7 heteroatoms. The van der Waals surface area contributed by atoms with Crippen LogP contribution in [-0.2, 0) is 20.7 Å². The average molecular weight is 313 g/mol. The van der Waals surface area contributed by atoms with Gasteiger partial charge in [-0.2, -0.15) is 5.10 Å². The molecular formula is C16H15N3O4. The quantitative estimate of drug-likeness (QED) is 0.647. The summed E-state index contributed by atoms with van der Waals surface area (Å²) in [4.78, 5) is 27.3. The van der Waals surface area contributed by atoms with Crippen LogP contribution in [-0.4, -0.2) is 33.5 Å². The summed E-state index contributed by atoms with van der Waals surface area (Å²) in [7, 11) is 1.30. The summed E-state index contributed by atoms with van der Waals surface area (Å²) in [6, 6.07) is 7.42. The van der Waals surface area contributed by atoms with E-state index in [0.29, 0.717) is 11.5 Å². The molecule has 0 spiro atoms. The molecule has 118 valence electrons. The molecule has 0 bridgehead atoms. The Bertz CT molecular complexity index is 836. The first-order valence-electron chi connectivity index (χ1n) is 7.13. The first-order chi connectivity index (χ1) is 11.2. The summed E-state index contributed by atoms with van der Waals surface area (Å²) in [5.74, 6) is -0.0736. The van der Waals surface area contributed by atoms with E-state index in [1.165, 1.54) is 7.11 Å². The Hall–Kier alpha value is -2.96. The molecule has 0 fully saturated rings. The molecule has 3 aromatic heterocycles. The van der Waals surface area contributed by atoms with Crippen LogP contribution >= 0.6 is 0 Å². The van der Waals surface area contributed by atoms with E-state index in [9.17, 15) is 9.59 Å². The Morgan fingerprint density at radius 2 is 2.13 bits per heavy atom. The highest BCUT2D eigenvalue weighted by Gasteiger charge is 2.13. The van der Waals surface area contributed by atoms with Crippen LogP contribution in [0.3, 0.4) is 0 Å². The maximum atomic E-state index is 11.9. The van der Waals surface area contributed by atoms with E-state index < -0.39 is 5.97 Å². The van der Waals surface area contributed by atoms with Crippen LogP contribution in [0.5, 0.6) is 0 Å². The minimum atomic E-state index is -0.399. The molecule has 0 aliphatic carbocycles. The second-order valence-corrected chi connectivity index (χ2v) is 5.01. The first kappa shape index (κ1) is 15.0. The van der Waals surface area contributed by atoms with Crippen molar-refractivity contribution in [1.29, 1.82) is 0 Å². The topological polar surface area (TPSA) is 86.7 Å². The highest BCUT2D eigenvalue weighted by molar-refractivity contribution is 5.84. The van der Waals surface area contributed by atoms with Crippen molar-refractivity contribution in [2.75, 3.05) is 7.11 Å². The lowest BCUT2D eigenvalue weighted by Gasteiger charge is -1.99. The third kappa shape index (κ3) is 3.28. The summed E-state index contributed by atoms with van der Waals surface area (Å²) in [6.07, 6.45) is 3.49. The van der Waals surface area contributed by atoms with Crippen LogP contribution < -0.4 is 0 Å². The van der Waals surface area contributed by atoms with Gasteiger partial charge in [-0.3, -0.25) is 9.59 Å². The van der Waals surface area contributed by atoms with E-state index in [-0.39, 0.29) is 25.0 Å². The number of furan rings is 1. The van der Waals surface area contributed by atoms with Crippen LogP contribution in [0.25, 0.3) is 16.9 Å². The maximum absolute atomic E-state index is 11.9. The molecule has 0 aromatic carbocycles. The van der Waals surface area contributed by atoms with Gasteiger partial charge in [0.15, 0.2) is 11.5 Å². The van der Waals surface area contributed by atoms with Gasteiger partial charge in [0.05, 0.1) is 38.2 Å². The summed E-state index contributed by atoms with van der Waals surface area (Å²) < 4.78 is 11.3. The Kier molecular flexibility index (Phi) is 4.18. The first-order valence-corrected chi connectivity index (χ1v) is 7.13. The second-order valence-electron chi connectivity index (χ2n) is 5.01. The molecule has 0 atom stereocenters. The highest BCUT2D eigenvalue weighted by Crippen LogP contribution is 2.20. The predicted octanol–water partition coefficient (Wildman–Crippen LogP) is 2.05. The van der Waals surface area contributed by atoms with Gasteiger partial charge in [0, 0.05) is 12.0 Å². The Labute approximate surface area is 131 Å². The molecule has 23 heavy (non-hydrogen) atoms. The minimum Gasteiger partial charge on any atom is -0.472 e. The zero-order valence-electron chi connectivity index (χ0n) is 12.6. The molecule has 3 aromatic rings. The van der Waals surface area contributed by atoms with E-state index in [0.717, 1.165) is 11.3 Å². The van der Waals surface area contributed by atoms with E-state index >= 15 is 0 Å². The van der Waals surface area contributed by atoms with Crippen molar-refractivity contribution < 1.29 is 18.7 Å². The van der Waals surface area contributed by atoms with Crippen molar-refractivity contribution >= 4 is 17.4 Å². The number of methoxy groups -OCH3 is 1. The molecule has 0 unspecified atom stereocenters. The number of carbonyl (C=O) groups is 2. The fraction of sp³-hybridized carbons (Fsp3) is 0.250. The number of esters is 1. The summed E-state index contributed by atoms with van der Waals surface area (Å²) in [6.45, 7) is 0. The lowest BCUT2D eigenvalue weighted by atomic mass is 10.1. The number of nitrogens with zero attached hydrogens (tertiary/aromatic N) is 3. The van der Waals surface area contributed by atoms with Crippen molar-refractivity contribution in [3.8, 4) is 11.3 Å². The summed E-state index contributed by atoms with van der Waals surface area (Å²) >= 11 is 0. The number of rotatable bonds is 6. The number of Topliss-reactive ketones (excluding diaryl/α,β-unsaturated/α-hetero) is 1. The van der Waals surface area contributed by atoms with Gasteiger partial charge in [0.1, 0.15) is 5.78 Å². The van der Waals surface area contributed by atoms with Gasteiger partial charge >= 0.3 is 5.97 Å². The highest BCUT2D eigenvalue weighted by atomic mass is 16.5. The van der Waals surface area contributed by atoms with Crippen LogP contribution in [0.15, 0.2) is 41.2 Å². The molecule has 0 radical (unpaired) electrons. The van der Waals surface area contributed by atoms with Crippen LogP contribution in [0.1, 0.15) is 18.7 Å². The van der Waals surface area contributed by atoms with Gasteiger partial charge in [-0.05, 0) is 18.2 Å². The second kappa shape index (κ2) is 6.43. The predicted molar refractivity (Wildman–Crippen MR) is 80.7 cm³/mol. The molecule has 0 aliphatic heterocycles. The van der Waals surface area contributed by atoms with Crippen molar-refractivity contribution in [3.63, 3.8) is 0 Å². The van der Waals surface area contributed by atoms with Gasteiger partial charge in [-0.15, -0.1) is 0 Å². The lowest BCUT2D eigenvalue weighted by molar-refractivity contribution is -0.141. The molecule has 0 saturated heterocycles.